The predicted molar refractivity (Wildman–Crippen MR) is 114 cm³/mol. The van der Waals surface area contributed by atoms with Crippen molar-refractivity contribution in [2.75, 3.05) is 0 Å². The molecule has 0 fully saturated rings. The number of nitrogens with zero attached hydrogens (tertiary/aromatic N) is 1. The van der Waals surface area contributed by atoms with Gasteiger partial charge in [0.15, 0.2) is 0 Å². The van der Waals surface area contributed by atoms with Crippen LogP contribution in [0, 0.1) is 6.92 Å². The van der Waals surface area contributed by atoms with Crippen LogP contribution < -0.4 is 5.73 Å². The van der Waals surface area contributed by atoms with E-state index in [1.54, 1.807) is 0 Å². The standard InChI is InChI=1S/C24H23ClN2O/c1-16-5-4-8-17(11-16)18-9-10-19(22(25)12-18)13-23(26)24(28)27-14-20-6-2-3-7-21(20)15-27/h2-12,23H,13-15,26H2,1H3. The van der Waals surface area contributed by atoms with E-state index in [9.17, 15) is 4.79 Å². The molecule has 28 heavy (non-hydrogen) atoms. The van der Waals surface area contributed by atoms with Crippen LogP contribution in [0.1, 0.15) is 22.3 Å². The third kappa shape index (κ3) is 3.82. The molecule has 1 aliphatic rings. The number of rotatable bonds is 4. The average molecular weight is 391 g/mol. The van der Waals surface area contributed by atoms with Gasteiger partial charge in [0.05, 0.1) is 6.04 Å². The number of fused-ring (bicyclic) bond motifs is 1. The Bertz CT molecular complexity index is 1010. The molecule has 0 radical (unpaired) electrons. The van der Waals surface area contributed by atoms with Crippen LogP contribution in [0.15, 0.2) is 66.7 Å². The first kappa shape index (κ1) is 18.7. The van der Waals surface area contributed by atoms with Crippen LogP contribution in [0.2, 0.25) is 5.02 Å². The first-order valence-corrected chi connectivity index (χ1v) is 9.85. The quantitative estimate of drug-likeness (QED) is 0.700. The van der Waals surface area contributed by atoms with Crippen molar-refractivity contribution in [1.29, 1.82) is 0 Å². The van der Waals surface area contributed by atoms with Crippen LogP contribution in [0.25, 0.3) is 11.1 Å². The summed E-state index contributed by atoms with van der Waals surface area (Å²) in [6.07, 6.45) is 0.429. The van der Waals surface area contributed by atoms with E-state index in [2.05, 4.69) is 37.3 Å². The van der Waals surface area contributed by atoms with Crippen molar-refractivity contribution in [3.8, 4) is 11.1 Å². The van der Waals surface area contributed by atoms with Gasteiger partial charge in [-0.05, 0) is 47.2 Å². The molecule has 0 aliphatic carbocycles. The van der Waals surface area contributed by atoms with Gasteiger partial charge >= 0.3 is 0 Å². The summed E-state index contributed by atoms with van der Waals surface area (Å²) < 4.78 is 0. The molecule has 1 heterocycles. The zero-order valence-corrected chi connectivity index (χ0v) is 16.6. The van der Waals surface area contributed by atoms with Gasteiger partial charge in [0.2, 0.25) is 5.91 Å². The van der Waals surface area contributed by atoms with E-state index >= 15 is 0 Å². The molecule has 1 amide bonds. The SMILES string of the molecule is Cc1cccc(-c2ccc(CC(N)C(=O)N3Cc4ccccc4C3)c(Cl)c2)c1. The summed E-state index contributed by atoms with van der Waals surface area (Å²) in [5.41, 5.74) is 12.9. The molecular weight excluding hydrogens is 368 g/mol. The summed E-state index contributed by atoms with van der Waals surface area (Å²) >= 11 is 6.52. The van der Waals surface area contributed by atoms with Gasteiger partial charge in [0.25, 0.3) is 0 Å². The number of halogens is 1. The van der Waals surface area contributed by atoms with Crippen LogP contribution in [-0.2, 0) is 24.3 Å². The van der Waals surface area contributed by atoms with E-state index in [4.69, 9.17) is 17.3 Å². The zero-order chi connectivity index (χ0) is 19.7. The third-order valence-electron chi connectivity index (χ3n) is 5.31. The number of hydrogen-bond donors (Lipinski definition) is 1. The molecule has 1 aliphatic heterocycles. The second kappa shape index (κ2) is 7.78. The molecule has 0 spiro atoms. The van der Waals surface area contributed by atoms with E-state index in [1.165, 1.54) is 16.7 Å². The Morgan fingerprint density at radius 1 is 1.00 bits per heavy atom. The number of amides is 1. The molecule has 1 unspecified atom stereocenters. The second-order valence-electron chi connectivity index (χ2n) is 7.45. The fourth-order valence-corrected chi connectivity index (χ4v) is 4.02. The largest absolute Gasteiger partial charge is 0.333 e. The molecule has 2 N–H and O–H groups in total. The van der Waals surface area contributed by atoms with Crippen molar-refractivity contribution < 1.29 is 4.79 Å². The molecule has 142 valence electrons. The molecule has 0 saturated carbocycles. The summed E-state index contributed by atoms with van der Waals surface area (Å²) in [6.45, 7) is 3.33. The van der Waals surface area contributed by atoms with Crippen LogP contribution in [0.3, 0.4) is 0 Å². The predicted octanol–water partition coefficient (Wildman–Crippen LogP) is 4.73. The molecule has 0 saturated heterocycles. The maximum Gasteiger partial charge on any atom is 0.240 e. The fourth-order valence-electron chi connectivity index (χ4n) is 3.76. The third-order valence-corrected chi connectivity index (χ3v) is 5.67. The number of carbonyl (C=O) groups excluding carboxylic acids is 1. The number of benzene rings is 3. The Balaban J connectivity index is 1.46. The lowest BCUT2D eigenvalue weighted by Crippen LogP contribution is -2.42. The minimum Gasteiger partial charge on any atom is -0.333 e. The van der Waals surface area contributed by atoms with Crippen molar-refractivity contribution in [3.05, 3.63) is 94.0 Å². The van der Waals surface area contributed by atoms with E-state index in [0.29, 0.717) is 24.5 Å². The molecule has 3 aromatic carbocycles. The van der Waals surface area contributed by atoms with Gasteiger partial charge < -0.3 is 10.6 Å². The van der Waals surface area contributed by atoms with Gasteiger partial charge in [-0.15, -0.1) is 0 Å². The van der Waals surface area contributed by atoms with Crippen molar-refractivity contribution in [2.24, 2.45) is 5.73 Å². The summed E-state index contributed by atoms with van der Waals surface area (Å²) in [4.78, 5) is 14.6. The lowest BCUT2D eigenvalue weighted by Gasteiger charge is -2.21. The minimum absolute atomic E-state index is 0.0324. The average Bonchev–Trinajstić information content (AvgIpc) is 3.13. The Kier molecular flexibility index (Phi) is 5.21. The second-order valence-corrected chi connectivity index (χ2v) is 7.86. The topological polar surface area (TPSA) is 46.3 Å². The van der Waals surface area contributed by atoms with Crippen LogP contribution in [0.5, 0.6) is 0 Å². The smallest absolute Gasteiger partial charge is 0.240 e. The van der Waals surface area contributed by atoms with E-state index in [1.807, 2.05) is 41.3 Å². The van der Waals surface area contributed by atoms with Gasteiger partial charge in [-0.25, -0.2) is 0 Å². The molecule has 0 bridgehead atoms. The minimum atomic E-state index is -0.600. The normalized spacial score (nSPS) is 14.0. The number of nitrogens with two attached hydrogens (primary N) is 1. The molecular formula is C24H23ClN2O. The lowest BCUT2D eigenvalue weighted by molar-refractivity contribution is -0.133. The van der Waals surface area contributed by atoms with E-state index in [0.717, 1.165) is 16.7 Å². The highest BCUT2D eigenvalue weighted by Gasteiger charge is 2.27. The van der Waals surface area contributed by atoms with Gasteiger partial charge in [-0.2, -0.15) is 0 Å². The monoisotopic (exact) mass is 390 g/mol. The van der Waals surface area contributed by atoms with Crippen LogP contribution >= 0.6 is 11.6 Å². The highest BCUT2D eigenvalue weighted by molar-refractivity contribution is 6.31. The zero-order valence-electron chi connectivity index (χ0n) is 15.9. The van der Waals surface area contributed by atoms with E-state index < -0.39 is 6.04 Å². The van der Waals surface area contributed by atoms with Crippen molar-refractivity contribution >= 4 is 17.5 Å². The van der Waals surface area contributed by atoms with Gasteiger partial charge in [0.1, 0.15) is 0 Å². The molecule has 4 heteroatoms. The van der Waals surface area contributed by atoms with Crippen LogP contribution in [0.4, 0.5) is 0 Å². The number of carbonyl (C=O) groups is 1. The fraction of sp³-hybridized carbons (Fsp3) is 0.208. The van der Waals surface area contributed by atoms with Crippen molar-refractivity contribution in [3.63, 3.8) is 0 Å². The Hall–Kier alpha value is -2.62. The summed E-state index contributed by atoms with van der Waals surface area (Å²) in [7, 11) is 0. The summed E-state index contributed by atoms with van der Waals surface area (Å²) in [5, 5.41) is 0.645. The Labute approximate surface area is 170 Å². The van der Waals surface area contributed by atoms with Gasteiger partial charge in [-0.3, -0.25) is 4.79 Å². The maximum atomic E-state index is 12.8. The van der Waals surface area contributed by atoms with Gasteiger partial charge in [0, 0.05) is 18.1 Å². The molecule has 3 nitrogen and oxygen atoms in total. The van der Waals surface area contributed by atoms with Gasteiger partial charge in [-0.1, -0.05) is 77.8 Å². The van der Waals surface area contributed by atoms with Crippen molar-refractivity contribution in [2.45, 2.75) is 32.5 Å². The Morgan fingerprint density at radius 3 is 2.32 bits per heavy atom. The number of aryl methyl sites for hydroxylation is 1. The molecule has 3 aromatic rings. The first-order chi connectivity index (χ1) is 13.5. The van der Waals surface area contributed by atoms with E-state index in [-0.39, 0.29) is 5.91 Å². The highest BCUT2D eigenvalue weighted by Crippen LogP contribution is 2.28. The Morgan fingerprint density at radius 2 is 1.68 bits per heavy atom. The molecule has 1 atom stereocenters. The summed E-state index contributed by atoms with van der Waals surface area (Å²) in [5.74, 6) is -0.0324. The van der Waals surface area contributed by atoms with Crippen molar-refractivity contribution in [1.82, 2.24) is 4.90 Å². The molecule has 0 aromatic heterocycles. The lowest BCUT2D eigenvalue weighted by atomic mass is 9.99. The number of hydrogen-bond acceptors (Lipinski definition) is 2. The first-order valence-electron chi connectivity index (χ1n) is 9.48. The highest BCUT2D eigenvalue weighted by atomic mass is 35.5. The molecule has 4 rings (SSSR count). The van der Waals surface area contributed by atoms with Crippen LogP contribution in [-0.4, -0.2) is 16.8 Å². The maximum absolute atomic E-state index is 12.8. The summed E-state index contributed by atoms with van der Waals surface area (Å²) in [6, 6.07) is 21.8.